The van der Waals surface area contributed by atoms with Gasteiger partial charge in [-0.05, 0) is 29.8 Å². The lowest BCUT2D eigenvalue weighted by Gasteiger charge is -2.12. The van der Waals surface area contributed by atoms with Crippen LogP contribution in [0, 0.1) is 0 Å². The van der Waals surface area contributed by atoms with Crippen LogP contribution in [0.4, 0.5) is 0 Å². The summed E-state index contributed by atoms with van der Waals surface area (Å²) in [6.07, 6.45) is 0. The fourth-order valence-corrected chi connectivity index (χ4v) is 2.95. The molecule has 0 saturated heterocycles. The van der Waals surface area contributed by atoms with Gasteiger partial charge in [-0.15, -0.1) is 0 Å². The summed E-state index contributed by atoms with van der Waals surface area (Å²) in [4.78, 5) is 0.812. The maximum absolute atomic E-state index is 12.2. The molecule has 0 aliphatic rings. The number of ether oxygens (including phenoxy) is 1. The van der Waals surface area contributed by atoms with Gasteiger partial charge in [0, 0.05) is 16.7 Å². The highest BCUT2D eigenvalue weighted by molar-refractivity contribution is 7.85. The van der Waals surface area contributed by atoms with Crippen LogP contribution >= 0.6 is 0 Å². The molecule has 100 valence electrons. The molecular formula is C15H17NO2S. The molecule has 0 bridgehead atoms. The Balaban J connectivity index is 2.04. The van der Waals surface area contributed by atoms with E-state index in [0.717, 1.165) is 16.2 Å². The van der Waals surface area contributed by atoms with Crippen LogP contribution in [-0.4, -0.2) is 17.1 Å². The van der Waals surface area contributed by atoms with Crippen LogP contribution in [-0.2, 0) is 10.8 Å². The van der Waals surface area contributed by atoms with E-state index >= 15 is 0 Å². The molecule has 2 atom stereocenters. The molecular weight excluding hydrogens is 258 g/mol. The molecule has 0 aliphatic heterocycles. The van der Waals surface area contributed by atoms with Gasteiger partial charge in [0.1, 0.15) is 5.75 Å². The summed E-state index contributed by atoms with van der Waals surface area (Å²) in [5, 5.41) is 0. The van der Waals surface area contributed by atoms with E-state index in [2.05, 4.69) is 0 Å². The first-order chi connectivity index (χ1) is 9.20. The van der Waals surface area contributed by atoms with Crippen molar-refractivity contribution in [3.8, 4) is 5.75 Å². The molecule has 0 saturated carbocycles. The average Bonchev–Trinajstić information content (AvgIpc) is 2.48. The molecule has 0 radical (unpaired) electrons. The maximum atomic E-state index is 12.2. The predicted molar refractivity (Wildman–Crippen MR) is 77.6 cm³/mol. The van der Waals surface area contributed by atoms with E-state index in [1.165, 1.54) is 0 Å². The van der Waals surface area contributed by atoms with Gasteiger partial charge in [-0.3, -0.25) is 4.21 Å². The van der Waals surface area contributed by atoms with Gasteiger partial charge in [0.05, 0.1) is 17.9 Å². The van der Waals surface area contributed by atoms with Crippen LogP contribution in [0.25, 0.3) is 0 Å². The largest absolute Gasteiger partial charge is 0.497 e. The Morgan fingerprint density at radius 2 is 1.74 bits per heavy atom. The lowest BCUT2D eigenvalue weighted by Crippen LogP contribution is -2.18. The van der Waals surface area contributed by atoms with E-state index in [-0.39, 0.29) is 6.04 Å². The quantitative estimate of drug-likeness (QED) is 0.912. The Bertz CT molecular complexity index is 540. The lowest BCUT2D eigenvalue weighted by atomic mass is 10.1. The van der Waals surface area contributed by atoms with Crippen molar-refractivity contribution >= 4 is 10.8 Å². The molecule has 3 nitrogen and oxygen atoms in total. The molecule has 2 N–H and O–H groups in total. The van der Waals surface area contributed by atoms with Crippen molar-refractivity contribution in [2.75, 3.05) is 12.9 Å². The second-order valence-corrected chi connectivity index (χ2v) is 5.70. The zero-order valence-electron chi connectivity index (χ0n) is 10.8. The van der Waals surface area contributed by atoms with E-state index in [9.17, 15) is 4.21 Å². The fourth-order valence-electron chi connectivity index (χ4n) is 1.78. The molecule has 0 fully saturated rings. The molecule has 0 spiro atoms. The molecule has 0 heterocycles. The average molecular weight is 275 g/mol. The molecule has 2 unspecified atom stereocenters. The van der Waals surface area contributed by atoms with E-state index < -0.39 is 10.8 Å². The number of hydrogen-bond donors (Lipinski definition) is 1. The summed E-state index contributed by atoms with van der Waals surface area (Å²) in [6.45, 7) is 0. The zero-order valence-corrected chi connectivity index (χ0v) is 11.6. The molecule has 0 aromatic heterocycles. The summed E-state index contributed by atoms with van der Waals surface area (Å²) < 4.78 is 17.3. The van der Waals surface area contributed by atoms with Gasteiger partial charge in [-0.25, -0.2) is 0 Å². The fraction of sp³-hybridized carbons (Fsp3) is 0.200. The standard InChI is InChI=1S/C15H17NO2S/c1-18-13-9-7-12(8-10-13)15(16)11-19(17)14-5-3-2-4-6-14/h2-10,15H,11,16H2,1H3. The Morgan fingerprint density at radius 1 is 1.11 bits per heavy atom. The third-order valence-corrected chi connectivity index (χ3v) is 4.34. The molecule has 0 aliphatic carbocycles. The van der Waals surface area contributed by atoms with Gasteiger partial charge in [-0.2, -0.15) is 0 Å². The van der Waals surface area contributed by atoms with E-state index in [1.807, 2.05) is 54.6 Å². The minimum absolute atomic E-state index is 0.244. The van der Waals surface area contributed by atoms with Crippen molar-refractivity contribution in [3.63, 3.8) is 0 Å². The summed E-state index contributed by atoms with van der Waals surface area (Å²) in [5.74, 6) is 1.20. The summed E-state index contributed by atoms with van der Waals surface area (Å²) in [6, 6.07) is 16.7. The number of benzene rings is 2. The highest BCUT2D eigenvalue weighted by atomic mass is 32.2. The number of nitrogens with two attached hydrogens (primary N) is 1. The Labute approximate surface area is 115 Å². The minimum Gasteiger partial charge on any atom is -0.497 e. The Kier molecular flexibility index (Phi) is 4.71. The number of hydrogen-bond acceptors (Lipinski definition) is 3. The third-order valence-electron chi connectivity index (χ3n) is 2.88. The first-order valence-electron chi connectivity index (χ1n) is 6.03. The molecule has 4 heteroatoms. The highest BCUT2D eigenvalue weighted by Gasteiger charge is 2.12. The van der Waals surface area contributed by atoms with Gasteiger partial charge >= 0.3 is 0 Å². The van der Waals surface area contributed by atoms with Crippen molar-refractivity contribution < 1.29 is 8.95 Å². The van der Waals surface area contributed by atoms with Crippen LogP contribution < -0.4 is 10.5 Å². The van der Waals surface area contributed by atoms with Gasteiger partial charge < -0.3 is 10.5 Å². The summed E-state index contributed by atoms with van der Waals surface area (Å²) in [7, 11) is 0.547. The highest BCUT2D eigenvalue weighted by Crippen LogP contribution is 2.18. The number of rotatable bonds is 5. The SMILES string of the molecule is COc1ccc(C(N)CS(=O)c2ccccc2)cc1. The van der Waals surface area contributed by atoms with Crippen LogP contribution in [0.1, 0.15) is 11.6 Å². The molecule has 0 amide bonds. The first kappa shape index (κ1) is 13.8. The minimum atomic E-state index is -1.08. The van der Waals surface area contributed by atoms with Crippen molar-refractivity contribution in [2.45, 2.75) is 10.9 Å². The second-order valence-electron chi connectivity index (χ2n) is 4.20. The topological polar surface area (TPSA) is 52.3 Å². The van der Waals surface area contributed by atoms with Crippen molar-refractivity contribution in [2.24, 2.45) is 5.73 Å². The van der Waals surface area contributed by atoms with Crippen molar-refractivity contribution in [1.82, 2.24) is 0 Å². The smallest absolute Gasteiger partial charge is 0.118 e. The molecule has 19 heavy (non-hydrogen) atoms. The monoisotopic (exact) mass is 275 g/mol. The Hall–Kier alpha value is -1.65. The van der Waals surface area contributed by atoms with E-state index in [1.54, 1.807) is 7.11 Å². The first-order valence-corrected chi connectivity index (χ1v) is 7.35. The molecule has 2 aromatic carbocycles. The third kappa shape index (κ3) is 3.66. The summed E-state index contributed by atoms with van der Waals surface area (Å²) in [5.41, 5.74) is 7.05. The summed E-state index contributed by atoms with van der Waals surface area (Å²) >= 11 is 0. The van der Waals surface area contributed by atoms with Crippen LogP contribution in [0.5, 0.6) is 5.75 Å². The maximum Gasteiger partial charge on any atom is 0.118 e. The normalized spacial score (nSPS) is 13.8. The Morgan fingerprint density at radius 3 is 2.32 bits per heavy atom. The molecule has 2 aromatic rings. The van der Waals surface area contributed by atoms with E-state index in [4.69, 9.17) is 10.5 Å². The van der Waals surface area contributed by atoms with E-state index in [0.29, 0.717) is 5.75 Å². The lowest BCUT2D eigenvalue weighted by molar-refractivity contribution is 0.414. The van der Waals surface area contributed by atoms with Crippen LogP contribution in [0.15, 0.2) is 59.5 Å². The van der Waals surface area contributed by atoms with Crippen molar-refractivity contribution in [1.29, 1.82) is 0 Å². The van der Waals surface area contributed by atoms with Crippen molar-refractivity contribution in [3.05, 3.63) is 60.2 Å². The van der Waals surface area contributed by atoms with Gasteiger partial charge in [0.2, 0.25) is 0 Å². The van der Waals surface area contributed by atoms with Crippen LogP contribution in [0.3, 0.4) is 0 Å². The van der Waals surface area contributed by atoms with Gasteiger partial charge in [0.15, 0.2) is 0 Å². The van der Waals surface area contributed by atoms with Gasteiger partial charge in [0.25, 0.3) is 0 Å². The molecule has 2 rings (SSSR count). The van der Waals surface area contributed by atoms with Crippen LogP contribution in [0.2, 0.25) is 0 Å². The van der Waals surface area contributed by atoms with Gasteiger partial charge in [-0.1, -0.05) is 30.3 Å². The number of methoxy groups -OCH3 is 1. The zero-order chi connectivity index (χ0) is 13.7. The predicted octanol–water partition coefficient (Wildman–Crippen LogP) is 2.50. The second kappa shape index (κ2) is 6.50.